The molecular weight excluding hydrogens is 1470 g/mol. The quantitative estimate of drug-likeness (QED) is 0.0177. The van der Waals surface area contributed by atoms with Crippen LogP contribution >= 0.6 is 0 Å². The number of hydrogen-bond acceptors (Lipinski definition) is 30. The summed E-state index contributed by atoms with van der Waals surface area (Å²) in [6.07, 6.45) is -21.8. The highest BCUT2D eigenvalue weighted by molar-refractivity contribution is 5.77. The second kappa shape index (κ2) is 51.1. The van der Waals surface area contributed by atoms with E-state index < -0.39 is 152 Å². The van der Waals surface area contributed by atoms with E-state index >= 15 is 4.79 Å². The van der Waals surface area contributed by atoms with Gasteiger partial charge in [0.2, 0.25) is 17.7 Å². The van der Waals surface area contributed by atoms with Crippen LogP contribution in [0, 0.1) is 0 Å². The summed E-state index contributed by atoms with van der Waals surface area (Å²) >= 11 is 0. The van der Waals surface area contributed by atoms with Crippen molar-refractivity contribution in [2.75, 3.05) is 145 Å². The standard InChI is InChI=1S/C77H110N6O29/c1-88-42-101-66-54(109-59(71(106-47-93-6)74(66)97-38-50-22-14-10-15-23-50)35-80-64(86)32-56-68(103-44-90-3)76(99-40-52-26-18-12-19-27-52)73(108-49-95-8)61(111-56)37-82-83-78)30-62(84)79-34-58-70(105-46-92-5)75(98-39-51-24-16-11-17-25-51)67(102-43-89-2)55(110-58)31-63(85)81-36-60-72(107-48-94-7)77(100-41-53-28-20-13-21-29-53)69(104-45-91-4)57(112-60)33-65(87)96-9/h10-29,54-61,66-77H,30-49H2,1-9H3,(H,79,84)(H,80,86)(H,81,85)/t54-,55-,56-,57-,58-,59-,60-,61-,66+,67+,68+,69+,70-,71-,72-,73-,74-,75-,76-,77-/m1/s1. The average molecular weight is 1580 g/mol. The molecule has 0 radical (unpaired) electrons. The van der Waals surface area contributed by atoms with Crippen LogP contribution < -0.4 is 16.0 Å². The number of esters is 1. The molecule has 3 amide bonds. The van der Waals surface area contributed by atoms with Crippen molar-refractivity contribution >= 4 is 23.7 Å². The number of azide groups is 1. The van der Waals surface area contributed by atoms with Crippen molar-refractivity contribution in [3.05, 3.63) is 154 Å². The smallest absolute Gasteiger partial charge is 0.308 e. The Labute approximate surface area is 652 Å². The number of methoxy groups -OCH3 is 9. The van der Waals surface area contributed by atoms with E-state index in [1.807, 2.05) is 121 Å². The lowest BCUT2D eigenvalue weighted by atomic mass is 9.91. The zero-order valence-corrected chi connectivity index (χ0v) is 64.9. The van der Waals surface area contributed by atoms with E-state index in [-0.39, 0.29) is 126 Å². The Bertz CT molecular complexity index is 3310. The summed E-state index contributed by atoms with van der Waals surface area (Å²) in [5, 5.41) is 12.9. The van der Waals surface area contributed by atoms with Gasteiger partial charge in [-0.3, -0.25) is 19.2 Å². The molecule has 4 aromatic rings. The molecule has 112 heavy (non-hydrogen) atoms. The lowest BCUT2D eigenvalue weighted by Gasteiger charge is -2.47. The van der Waals surface area contributed by atoms with Gasteiger partial charge < -0.3 is 134 Å². The highest BCUT2D eigenvalue weighted by atomic mass is 16.7. The number of benzene rings is 4. The van der Waals surface area contributed by atoms with Crippen LogP contribution in [-0.4, -0.2) is 290 Å². The molecule has 4 fully saturated rings. The Morgan fingerprint density at radius 1 is 0.312 bits per heavy atom. The summed E-state index contributed by atoms with van der Waals surface area (Å²) in [6.45, 7) is -2.50. The van der Waals surface area contributed by atoms with Crippen LogP contribution in [0.3, 0.4) is 0 Å². The lowest BCUT2D eigenvalue weighted by molar-refractivity contribution is -0.283. The van der Waals surface area contributed by atoms with Gasteiger partial charge in [0.25, 0.3) is 0 Å². The molecule has 4 aliphatic rings. The zero-order valence-electron chi connectivity index (χ0n) is 64.9. The number of hydrogen-bond donors (Lipinski definition) is 3. The normalized spacial score (nSPS) is 27.9. The molecular formula is C77H110N6O29. The van der Waals surface area contributed by atoms with E-state index in [1.54, 1.807) is 0 Å². The van der Waals surface area contributed by atoms with E-state index in [2.05, 4.69) is 26.0 Å². The van der Waals surface area contributed by atoms with Gasteiger partial charge in [0.15, 0.2) is 0 Å². The number of nitrogens with one attached hydrogen (secondary N) is 3. The number of carbonyl (C=O) groups excluding carboxylic acids is 4. The van der Waals surface area contributed by atoms with Crippen molar-refractivity contribution in [2.24, 2.45) is 5.11 Å². The molecule has 0 spiro atoms. The van der Waals surface area contributed by atoms with Crippen molar-refractivity contribution in [3.63, 3.8) is 0 Å². The van der Waals surface area contributed by atoms with Gasteiger partial charge in [-0.1, -0.05) is 126 Å². The van der Waals surface area contributed by atoms with E-state index in [4.69, 9.17) is 118 Å². The molecule has 0 aromatic heterocycles. The van der Waals surface area contributed by atoms with Gasteiger partial charge in [-0.2, -0.15) is 0 Å². The first-order valence-corrected chi connectivity index (χ1v) is 36.8. The largest absolute Gasteiger partial charge is 0.469 e. The number of amides is 3. The third-order valence-corrected chi connectivity index (χ3v) is 18.7. The first-order valence-electron chi connectivity index (χ1n) is 36.8. The summed E-state index contributed by atoms with van der Waals surface area (Å²) in [4.78, 5) is 60.7. The van der Waals surface area contributed by atoms with Crippen LogP contribution in [0.25, 0.3) is 10.4 Å². The second-order valence-electron chi connectivity index (χ2n) is 26.4. The van der Waals surface area contributed by atoms with E-state index in [0.29, 0.717) is 0 Å². The van der Waals surface area contributed by atoms with Crippen LogP contribution in [-0.2, 0) is 164 Å². The fourth-order valence-electron chi connectivity index (χ4n) is 13.6. The van der Waals surface area contributed by atoms with Crippen molar-refractivity contribution < 1.29 is 138 Å². The molecule has 8 rings (SSSR count). The number of carbonyl (C=O) groups is 4. The van der Waals surface area contributed by atoms with Crippen LogP contribution in [0.2, 0.25) is 0 Å². The molecule has 4 aliphatic heterocycles. The predicted molar refractivity (Wildman–Crippen MR) is 392 cm³/mol. The summed E-state index contributed by atoms with van der Waals surface area (Å²) in [5.41, 5.74) is 12.8. The summed E-state index contributed by atoms with van der Waals surface area (Å²) in [7, 11) is 12.8. The van der Waals surface area contributed by atoms with Gasteiger partial charge in [0.05, 0.1) is 96.3 Å². The van der Waals surface area contributed by atoms with Gasteiger partial charge >= 0.3 is 5.97 Å². The Kier molecular flexibility index (Phi) is 41.4. The maximum Gasteiger partial charge on any atom is 0.308 e. The van der Waals surface area contributed by atoms with Gasteiger partial charge in [0.1, 0.15) is 146 Å². The van der Waals surface area contributed by atoms with Crippen LogP contribution in [0.4, 0.5) is 0 Å². The second-order valence-corrected chi connectivity index (χ2v) is 26.4. The number of rotatable bonds is 52. The van der Waals surface area contributed by atoms with Crippen molar-refractivity contribution in [2.45, 2.75) is 174 Å². The molecule has 35 heteroatoms. The summed E-state index contributed by atoms with van der Waals surface area (Å²) in [6, 6.07) is 37.6. The summed E-state index contributed by atoms with van der Waals surface area (Å²) in [5.74, 6) is -2.26. The number of ether oxygens (including phenoxy) is 25. The first kappa shape index (κ1) is 90.6. The molecule has 0 saturated carbocycles. The lowest BCUT2D eigenvalue weighted by Crippen LogP contribution is -2.64. The number of nitrogens with zero attached hydrogens (tertiary/aromatic N) is 3. The van der Waals surface area contributed by atoms with Crippen LogP contribution in [0.15, 0.2) is 126 Å². The molecule has 4 saturated heterocycles. The minimum atomic E-state index is -1.15. The maximum absolute atomic E-state index is 15.1. The molecule has 0 unspecified atom stereocenters. The molecule has 4 aromatic carbocycles. The molecule has 0 aliphatic carbocycles. The third-order valence-electron chi connectivity index (χ3n) is 18.7. The summed E-state index contributed by atoms with van der Waals surface area (Å²) < 4.78 is 153. The fraction of sp³-hybridized carbons (Fsp3) is 0.636. The Morgan fingerprint density at radius 2 is 0.536 bits per heavy atom. The van der Waals surface area contributed by atoms with E-state index in [0.717, 1.165) is 22.3 Å². The average Bonchev–Trinajstić information content (AvgIpc) is 0.805. The SMILES string of the molecule is COCO[C@@H]1[C@@H](OCc2ccccc2)[C@H](OCOC)[C@@H](CN=[N+]=[N-])O[C@@H]1CC(=O)NC[C@H]1O[C@H](CC(=O)NC[C@H]2O[C@H](CC(=O)NC[C@H]3O[C@H](CC(=O)OC)[C@H](OCOC)[C@@H](OCc4ccccc4)[C@@H]3OCOC)[C@H](OCOC)[C@@H](OCc3ccccc3)[C@@H]2OCOC)[C@H](OCOC)[C@@H](OCc2ccccc2)[C@@H]1OCOC. The van der Waals surface area contributed by atoms with E-state index in [1.165, 1.54) is 64.0 Å². The zero-order chi connectivity index (χ0) is 79.7. The fourth-order valence-corrected chi connectivity index (χ4v) is 13.6. The van der Waals surface area contributed by atoms with Gasteiger partial charge in [0, 0.05) is 81.4 Å². The van der Waals surface area contributed by atoms with Crippen LogP contribution in [0.1, 0.15) is 47.9 Å². The predicted octanol–water partition coefficient (Wildman–Crippen LogP) is 4.70. The third kappa shape index (κ3) is 28.5. The topological polar surface area (TPSA) is 384 Å². The van der Waals surface area contributed by atoms with Crippen LogP contribution in [0.5, 0.6) is 0 Å². The van der Waals surface area contributed by atoms with Crippen molar-refractivity contribution in [1.29, 1.82) is 0 Å². The highest BCUT2D eigenvalue weighted by Gasteiger charge is 2.54. The van der Waals surface area contributed by atoms with Gasteiger partial charge in [-0.25, -0.2) is 0 Å². The molecule has 622 valence electrons. The Balaban J connectivity index is 1.07. The first-order chi connectivity index (χ1) is 54.8. The highest BCUT2D eigenvalue weighted by Crippen LogP contribution is 2.37. The molecule has 3 N–H and O–H groups in total. The minimum absolute atomic E-state index is 0.0410. The van der Waals surface area contributed by atoms with Gasteiger partial charge in [-0.05, 0) is 27.8 Å². The van der Waals surface area contributed by atoms with E-state index in [9.17, 15) is 19.9 Å². The Hall–Kier alpha value is -6.89. The molecule has 4 heterocycles. The van der Waals surface area contributed by atoms with Gasteiger partial charge in [-0.15, -0.1) is 0 Å². The maximum atomic E-state index is 15.1. The van der Waals surface area contributed by atoms with Crippen molar-refractivity contribution in [1.82, 2.24) is 16.0 Å². The monoisotopic (exact) mass is 1580 g/mol. The molecule has 0 bridgehead atoms. The minimum Gasteiger partial charge on any atom is -0.469 e. The molecule has 35 nitrogen and oxygen atoms in total. The Morgan fingerprint density at radius 3 is 0.768 bits per heavy atom. The molecule has 20 atom stereocenters. The van der Waals surface area contributed by atoms with Crippen molar-refractivity contribution in [3.8, 4) is 0 Å².